The van der Waals surface area contributed by atoms with Crippen LogP contribution in [0.4, 0.5) is 0 Å². The highest BCUT2D eigenvalue weighted by molar-refractivity contribution is 5.03. The van der Waals surface area contributed by atoms with Crippen LogP contribution < -0.4 is 0 Å². The Hall–Kier alpha value is -0.890. The van der Waals surface area contributed by atoms with Gasteiger partial charge in [0.15, 0.2) is 0 Å². The first kappa shape index (κ1) is 13.2. The van der Waals surface area contributed by atoms with Gasteiger partial charge in [0.25, 0.3) is 0 Å². The maximum absolute atomic E-state index is 9.80. The first-order valence-corrected chi connectivity index (χ1v) is 6.26. The summed E-state index contributed by atoms with van der Waals surface area (Å²) in [6.07, 6.45) is 6.60. The Morgan fingerprint density at radius 1 is 1.19 bits per heavy atom. The van der Waals surface area contributed by atoms with Gasteiger partial charge in [-0.05, 0) is 37.3 Å². The van der Waals surface area contributed by atoms with Gasteiger partial charge in [-0.15, -0.1) is 0 Å². The molecule has 0 saturated carbocycles. The number of hydrogen-bond donors (Lipinski definition) is 1. The largest absolute Gasteiger partial charge is 0.393 e. The Morgan fingerprint density at radius 3 is 2.62 bits per heavy atom. The molecule has 1 N–H and O–H groups in total. The van der Waals surface area contributed by atoms with Crippen molar-refractivity contribution in [2.75, 3.05) is 0 Å². The zero-order valence-corrected chi connectivity index (χ0v) is 10.4. The van der Waals surface area contributed by atoms with E-state index < -0.39 is 0 Å². The van der Waals surface area contributed by atoms with Gasteiger partial charge in [-0.3, -0.25) is 4.98 Å². The Morgan fingerprint density at radius 2 is 2.00 bits per heavy atom. The molecule has 1 heterocycles. The molecule has 0 radical (unpaired) electrons. The number of aryl methyl sites for hydroxylation is 1. The number of hydrogen-bond acceptors (Lipinski definition) is 2. The summed E-state index contributed by atoms with van der Waals surface area (Å²) in [6, 6.07) is 5.93. The smallest absolute Gasteiger partial charge is 0.0544 e. The molecular formula is C14H23NO. The number of nitrogens with zero attached hydrogens (tertiary/aromatic N) is 1. The van der Waals surface area contributed by atoms with Crippen LogP contribution in [0.3, 0.4) is 0 Å². The highest BCUT2D eigenvalue weighted by Crippen LogP contribution is 2.11. The SMILES string of the molecule is CC(C)CCCC(O)CCc1ccccn1. The molecule has 1 rings (SSSR count). The molecule has 0 aliphatic rings. The van der Waals surface area contributed by atoms with Crippen molar-refractivity contribution in [2.24, 2.45) is 5.92 Å². The van der Waals surface area contributed by atoms with Crippen molar-refractivity contribution in [3.05, 3.63) is 30.1 Å². The van der Waals surface area contributed by atoms with Crippen LogP contribution in [0.1, 0.15) is 45.2 Å². The van der Waals surface area contributed by atoms with E-state index in [2.05, 4.69) is 18.8 Å². The van der Waals surface area contributed by atoms with E-state index in [0.29, 0.717) is 0 Å². The van der Waals surface area contributed by atoms with Gasteiger partial charge in [0, 0.05) is 11.9 Å². The Kier molecular flexibility index (Phi) is 6.09. The molecule has 1 aromatic heterocycles. The molecule has 0 spiro atoms. The molecule has 2 heteroatoms. The van der Waals surface area contributed by atoms with E-state index in [4.69, 9.17) is 0 Å². The van der Waals surface area contributed by atoms with Crippen molar-refractivity contribution in [1.29, 1.82) is 0 Å². The lowest BCUT2D eigenvalue weighted by molar-refractivity contribution is 0.149. The van der Waals surface area contributed by atoms with Crippen molar-refractivity contribution in [3.63, 3.8) is 0 Å². The fraction of sp³-hybridized carbons (Fsp3) is 0.643. The topological polar surface area (TPSA) is 33.1 Å². The van der Waals surface area contributed by atoms with E-state index in [1.165, 1.54) is 6.42 Å². The van der Waals surface area contributed by atoms with Crippen LogP contribution >= 0.6 is 0 Å². The van der Waals surface area contributed by atoms with Crippen LogP contribution in [0.15, 0.2) is 24.4 Å². The van der Waals surface area contributed by atoms with E-state index in [0.717, 1.165) is 37.3 Å². The first-order valence-electron chi connectivity index (χ1n) is 6.26. The van der Waals surface area contributed by atoms with Crippen LogP contribution in [0, 0.1) is 5.92 Å². The van der Waals surface area contributed by atoms with Gasteiger partial charge in [-0.25, -0.2) is 0 Å². The van der Waals surface area contributed by atoms with Crippen LogP contribution in [0.5, 0.6) is 0 Å². The van der Waals surface area contributed by atoms with Crippen molar-refractivity contribution in [3.8, 4) is 0 Å². The summed E-state index contributed by atoms with van der Waals surface area (Å²) in [6.45, 7) is 4.44. The van der Waals surface area contributed by atoms with Gasteiger partial charge < -0.3 is 5.11 Å². The molecule has 1 aromatic rings. The van der Waals surface area contributed by atoms with Crippen molar-refractivity contribution >= 4 is 0 Å². The Labute approximate surface area is 98.7 Å². The standard InChI is InChI=1S/C14H23NO/c1-12(2)6-5-8-14(16)10-9-13-7-3-4-11-15-13/h3-4,7,11-12,14,16H,5-6,8-10H2,1-2H3. The minimum absolute atomic E-state index is 0.166. The minimum Gasteiger partial charge on any atom is -0.393 e. The number of aliphatic hydroxyl groups excluding tert-OH is 1. The number of aromatic nitrogens is 1. The molecule has 0 saturated heterocycles. The average molecular weight is 221 g/mol. The van der Waals surface area contributed by atoms with Crippen LogP contribution in [0.2, 0.25) is 0 Å². The lowest BCUT2D eigenvalue weighted by Gasteiger charge is -2.11. The summed E-state index contributed by atoms with van der Waals surface area (Å²) < 4.78 is 0. The summed E-state index contributed by atoms with van der Waals surface area (Å²) >= 11 is 0. The van der Waals surface area contributed by atoms with Crippen molar-refractivity contribution < 1.29 is 5.11 Å². The molecule has 0 amide bonds. The molecule has 1 unspecified atom stereocenters. The summed E-state index contributed by atoms with van der Waals surface area (Å²) in [5, 5.41) is 9.80. The van der Waals surface area contributed by atoms with Crippen LogP contribution in [-0.2, 0) is 6.42 Å². The highest BCUT2D eigenvalue weighted by atomic mass is 16.3. The highest BCUT2D eigenvalue weighted by Gasteiger charge is 2.05. The first-order chi connectivity index (χ1) is 7.68. The molecule has 0 aromatic carbocycles. The second kappa shape index (κ2) is 7.39. The minimum atomic E-state index is -0.166. The zero-order chi connectivity index (χ0) is 11.8. The predicted octanol–water partition coefficient (Wildman–Crippen LogP) is 3.20. The van der Waals surface area contributed by atoms with Crippen LogP contribution in [0.25, 0.3) is 0 Å². The van der Waals surface area contributed by atoms with E-state index in [1.807, 2.05) is 18.2 Å². The predicted molar refractivity (Wildman–Crippen MR) is 67.3 cm³/mol. The maximum atomic E-state index is 9.80. The summed E-state index contributed by atoms with van der Waals surface area (Å²) in [7, 11) is 0. The molecule has 0 aliphatic carbocycles. The van der Waals surface area contributed by atoms with Gasteiger partial charge in [-0.1, -0.05) is 32.8 Å². The monoisotopic (exact) mass is 221 g/mol. The third kappa shape index (κ3) is 5.86. The molecule has 0 bridgehead atoms. The lowest BCUT2D eigenvalue weighted by atomic mass is 10.0. The van der Waals surface area contributed by atoms with Gasteiger partial charge in [-0.2, -0.15) is 0 Å². The van der Waals surface area contributed by atoms with Gasteiger partial charge in [0.05, 0.1) is 6.10 Å². The summed E-state index contributed by atoms with van der Waals surface area (Å²) in [5.74, 6) is 0.739. The van der Waals surface area contributed by atoms with E-state index in [-0.39, 0.29) is 6.10 Å². The third-order valence-electron chi connectivity index (χ3n) is 2.78. The average Bonchev–Trinajstić information content (AvgIpc) is 2.27. The van der Waals surface area contributed by atoms with E-state index in [1.54, 1.807) is 6.20 Å². The van der Waals surface area contributed by atoms with Gasteiger partial charge >= 0.3 is 0 Å². The Balaban J connectivity index is 2.13. The Bertz CT molecular complexity index is 271. The number of aliphatic hydroxyl groups is 1. The zero-order valence-electron chi connectivity index (χ0n) is 10.4. The second-order valence-electron chi connectivity index (χ2n) is 4.84. The fourth-order valence-corrected chi connectivity index (χ4v) is 1.77. The lowest BCUT2D eigenvalue weighted by Crippen LogP contribution is -2.08. The summed E-state index contributed by atoms with van der Waals surface area (Å²) in [4.78, 5) is 4.25. The molecule has 0 aliphatic heterocycles. The number of pyridine rings is 1. The normalized spacial score (nSPS) is 13.0. The fourth-order valence-electron chi connectivity index (χ4n) is 1.77. The van der Waals surface area contributed by atoms with Gasteiger partial charge in [0.2, 0.25) is 0 Å². The third-order valence-corrected chi connectivity index (χ3v) is 2.78. The van der Waals surface area contributed by atoms with Crippen molar-refractivity contribution in [1.82, 2.24) is 4.98 Å². The summed E-state index contributed by atoms with van der Waals surface area (Å²) in [5.41, 5.74) is 1.07. The molecule has 0 fully saturated rings. The van der Waals surface area contributed by atoms with Crippen molar-refractivity contribution in [2.45, 2.75) is 52.1 Å². The molecular weight excluding hydrogens is 198 g/mol. The molecule has 1 atom stereocenters. The maximum Gasteiger partial charge on any atom is 0.0544 e. The molecule has 2 nitrogen and oxygen atoms in total. The second-order valence-corrected chi connectivity index (χ2v) is 4.84. The molecule has 90 valence electrons. The number of rotatable bonds is 7. The van der Waals surface area contributed by atoms with E-state index >= 15 is 0 Å². The quantitative estimate of drug-likeness (QED) is 0.767. The van der Waals surface area contributed by atoms with Crippen LogP contribution in [-0.4, -0.2) is 16.2 Å². The van der Waals surface area contributed by atoms with E-state index in [9.17, 15) is 5.11 Å². The molecule has 16 heavy (non-hydrogen) atoms. The van der Waals surface area contributed by atoms with Gasteiger partial charge in [0.1, 0.15) is 0 Å².